The second-order valence-electron chi connectivity index (χ2n) is 5.69. The van der Waals surface area contributed by atoms with Crippen LogP contribution in [0.4, 0.5) is 11.4 Å². The van der Waals surface area contributed by atoms with Crippen molar-refractivity contribution in [2.75, 3.05) is 23.3 Å². The summed E-state index contributed by atoms with van der Waals surface area (Å²) in [6, 6.07) is 16.2. The van der Waals surface area contributed by atoms with Crippen molar-refractivity contribution >= 4 is 29.0 Å². The molecule has 2 aromatic rings. The highest BCUT2D eigenvalue weighted by Crippen LogP contribution is 2.37. The van der Waals surface area contributed by atoms with Gasteiger partial charge in [-0.2, -0.15) is 0 Å². The molecular formula is C18H20N2OS. The molecule has 22 heavy (non-hydrogen) atoms. The average Bonchev–Trinajstić information content (AvgIpc) is 2.47. The zero-order valence-electron chi connectivity index (χ0n) is 12.9. The largest absolute Gasteiger partial charge is 0.360 e. The zero-order valence-corrected chi connectivity index (χ0v) is 13.7. The zero-order chi connectivity index (χ0) is 15.5. The maximum Gasteiger partial charge on any atom is 0.243 e. The van der Waals surface area contributed by atoms with E-state index in [1.54, 1.807) is 0 Å². The number of benzene rings is 2. The topological polar surface area (TPSA) is 32.3 Å². The van der Waals surface area contributed by atoms with Crippen LogP contribution in [0.5, 0.6) is 0 Å². The molecule has 0 bridgehead atoms. The Balaban J connectivity index is 1.71. The number of carbonyl (C=O) groups is 1. The lowest BCUT2D eigenvalue weighted by Crippen LogP contribution is -2.39. The molecule has 0 saturated carbocycles. The van der Waals surface area contributed by atoms with Crippen molar-refractivity contribution in [2.24, 2.45) is 0 Å². The molecule has 0 aromatic heterocycles. The van der Waals surface area contributed by atoms with Crippen molar-refractivity contribution in [3.63, 3.8) is 0 Å². The van der Waals surface area contributed by atoms with Gasteiger partial charge in [0.15, 0.2) is 0 Å². The minimum Gasteiger partial charge on any atom is -0.360 e. The van der Waals surface area contributed by atoms with Gasteiger partial charge >= 0.3 is 0 Å². The Bertz CT molecular complexity index is 686. The van der Waals surface area contributed by atoms with Gasteiger partial charge in [0, 0.05) is 22.4 Å². The van der Waals surface area contributed by atoms with E-state index < -0.39 is 0 Å². The first-order valence-electron chi connectivity index (χ1n) is 7.49. The highest BCUT2D eigenvalue weighted by atomic mass is 32.2. The number of aryl methyl sites for hydroxylation is 1. The summed E-state index contributed by atoms with van der Waals surface area (Å²) in [5, 5.41) is 3.48. The maximum absolute atomic E-state index is 12.3. The molecule has 3 nitrogen and oxygen atoms in total. The second-order valence-corrected chi connectivity index (χ2v) is 7.17. The Morgan fingerprint density at radius 1 is 1.27 bits per heavy atom. The lowest BCUT2D eigenvalue weighted by atomic mass is 10.2. The lowest BCUT2D eigenvalue weighted by Gasteiger charge is -2.33. The molecular weight excluding hydrogens is 292 g/mol. The van der Waals surface area contributed by atoms with Gasteiger partial charge in [-0.1, -0.05) is 31.2 Å². The number of anilines is 2. The van der Waals surface area contributed by atoms with Gasteiger partial charge in [-0.15, -0.1) is 11.8 Å². The fourth-order valence-electron chi connectivity index (χ4n) is 2.73. The minimum atomic E-state index is 0.0273. The Kier molecular flexibility index (Phi) is 4.39. The molecule has 1 heterocycles. The normalized spacial score (nSPS) is 17.0. The predicted molar refractivity (Wildman–Crippen MR) is 93.8 cm³/mol. The van der Waals surface area contributed by atoms with E-state index in [9.17, 15) is 4.79 Å². The van der Waals surface area contributed by atoms with Crippen LogP contribution in [0.2, 0.25) is 0 Å². The summed E-state index contributed by atoms with van der Waals surface area (Å²) in [4.78, 5) is 15.8. The molecule has 4 heteroatoms. The Hall–Kier alpha value is -1.94. The third kappa shape index (κ3) is 3.45. The average molecular weight is 312 g/mol. The summed E-state index contributed by atoms with van der Waals surface area (Å²) in [5.74, 6) is 0.0273. The Morgan fingerprint density at radius 3 is 2.91 bits per heavy atom. The molecule has 2 aromatic carbocycles. The van der Waals surface area contributed by atoms with Gasteiger partial charge in [0.05, 0.1) is 12.2 Å². The summed E-state index contributed by atoms with van der Waals surface area (Å²) < 4.78 is 0. The monoisotopic (exact) mass is 312 g/mol. The van der Waals surface area contributed by atoms with E-state index in [2.05, 4.69) is 35.3 Å². The number of thioether (sulfide) groups is 1. The first-order chi connectivity index (χ1) is 10.6. The number of hydrogen-bond donors (Lipinski definition) is 1. The summed E-state index contributed by atoms with van der Waals surface area (Å²) >= 11 is 1.88. The molecule has 0 radical (unpaired) electrons. The first kappa shape index (κ1) is 15.0. The van der Waals surface area contributed by atoms with E-state index in [4.69, 9.17) is 0 Å². The van der Waals surface area contributed by atoms with Crippen LogP contribution in [-0.4, -0.2) is 24.2 Å². The van der Waals surface area contributed by atoms with Crippen molar-refractivity contribution in [3.8, 4) is 0 Å². The Morgan fingerprint density at radius 2 is 2.09 bits per heavy atom. The number of nitrogens with one attached hydrogen (secondary N) is 1. The molecule has 1 atom stereocenters. The smallest absolute Gasteiger partial charge is 0.243 e. The highest BCUT2D eigenvalue weighted by Gasteiger charge is 2.23. The van der Waals surface area contributed by atoms with Crippen molar-refractivity contribution in [2.45, 2.75) is 24.0 Å². The summed E-state index contributed by atoms with van der Waals surface area (Å²) in [6.07, 6.45) is 0. The summed E-state index contributed by atoms with van der Waals surface area (Å²) in [7, 11) is 0. The van der Waals surface area contributed by atoms with Gasteiger partial charge in [0.2, 0.25) is 5.91 Å². The standard InChI is InChI=1S/C18H20N2OS/c1-13-6-5-7-15(10-13)19-18(21)12-20-11-14(2)22-17-9-4-3-8-16(17)20/h3-10,14H,11-12H2,1-2H3,(H,19,21)/t14-/m0/s1. The van der Waals surface area contributed by atoms with Gasteiger partial charge in [-0.25, -0.2) is 0 Å². The highest BCUT2D eigenvalue weighted by molar-refractivity contribution is 8.00. The molecule has 1 aliphatic rings. The van der Waals surface area contributed by atoms with E-state index in [0.717, 1.165) is 23.5 Å². The van der Waals surface area contributed by atoms with Crippen LogP contribution >= 0.6 is 11.8 Å². The fourth-order valence-corrected chi connectivity index (χ4v) is 3.89. The molecule has 0 unspecified atom stereocenters. The molecule has 0 aliphatic carbocycles. The number of para-hydroxylation sites is 1. The van der Waals surface area contributed by atoms with Gasteiger partial charge in [-0.05, 0) is 36.8 Å². The van der Waals surface area contributed by atoms with E-state index >= 15 is 0 Å². The SMILES string of the molecule is Cc1cccc(NC(=O)CN2C[C@H](C)Sc3ccccc32)c1. The summed E-state index contributed by atoms with van der Waals surface area (Å²) in [6.45, 7) is 5.50. The molecule has 114 valence electrons. The van der Waals surface area contributed by atoms with E-state index in [0.29, 0.717) is 11.8 Å². The summed E-state index contributed by atoms with van der Waals surface area (Å²) in [5.41, 5.74) is 3.16. The van der Waals surface area contributed by atoms with Gasteiger partial charge in [0.25, 0.3) is 0 Å². The lowest BCUT2D eigenvalue weighted by molar-refractivity contribution is -0.115. The van der Waals surface area contributed by atoms with Crippen molar-refractivity contribution in [1.29, 1.82) is 0 Å². The van der Waals surface area contributed by atoms with Crippen molar-refractivity contribution in [1.82, 2.24) is 0 Å². The van der Waals surface area contributed by atoms with Crippen LogP contribution in [0, 0.1) is 6.92 Å². The first-order valence-corrected chi connectivity index (χ1v) is 8.37. The Labute approximate surface area is 135 Å². The van der Waals surface area contributed by atoms with Crippen molar-refractivity contribution < 1.29 is 4.79 Å². The number of carbonyl (C=O) groups excluding carboxylic acids is 1. The number of hydrogen-bond acceptors (Lipinski definition) is 3. The quantitative estimate of drug-likeness (QED) is 0.932. The molecule has 3 rings (SSSR count). The number of amides is 1. The van der Waals surface area contributed by atoms with Crippen LogP contribution in [0.3, 0.4) is 0 Å². The molecule has 0 spiro atoms. The van der Waals surface area contributed by atoms with E-state index in [1.165, 1.54) is 4.90 Å². The van der Waals surface area contributed by atoms with Crippen LogP contribution in [0.15, 0.2) is 53.4 Å². The minimum absolute atomic E-state index is 0.0273. The fraction of sp³-hybridized carbons (Fsp3) is 0.278. The molecule has 0 saturated heterocycles. The number of fused-ring (bicyclic) bond motifs is 1. The van der Waals surface area contributed by atoms with E-state index in [1.807, 2.05) is 49.0 Å². The molecule has 0 fully saturated rings. The second kappa shape index (κ2) is 6.44. The maximum atomic E-state index is 12.3. The molecule has 1 N–H and O–H groups in total. The molecule has 1 amide bonds. The number of nitrogens with zero attached hydrogens (tertiary/aromatic N) is 1. The van der Waals surface area contributed by atoms with Crippen LogP contribution in [-0.2, 0) is 4.79 Å². The molecule has 1 aliphatic heterocycles. The predicted octanol–water partition coefficient (Wildman–Crippen LogP) is 3.93. The third-order valence-corrected chi connectivity index (χ3v) is 4.80. The van der Waals surface area contributed by atoms with Crippen molar-refractivity contribution in [3.05, 3.63) is 54.1 Å². The van der Waals surface area contributed by atoms with Gasteiger partial charge < -0.3 is 10.2 Å². The van der Waals surface area contributed by atoms with Gasteiger partial charge in [0.1, 0.15) is 0 Å². The van der Waals surface area contributed by atoms with Crippen LogP contribution < -0.4 is 10.2 Å². The van der Waals surface area contributed by atoms with Gasteiger partial charge in [-0.3, -0.25) is 4.79 Å². The number of rotatable bonds is 3. The van der Waals surface area contributed by atoms with Crippen LogP contribution in [0.1, 0.15) is 12.5 Å². The van der Waals surface area contributed by atoms with Crippen LogP contribution in [0.25, 0.3) is 0 Å². The third-order valence-electron chi connectivity index (χ3n) is 3.65. The van der Waals surface area contributed by atoms with E-state index in [-0.39, 0.29) is 5.91 Å².